The fourth-order valence-electron chi connectivity index (χ4n) is 0.423. The molecule has 0 bridgehead atoms. The van der Waals surface area contributed by atoms with Gasteiger partial charge in [-0.15, -0.1) is 5.26 Å². The van der Waals surface area contributed by atoms with Crippen LogP contribution in [-0.4, -0.2) is 5.97 Å². The van der Waals surface area contributed by atoms with E-state index in [0.717, 1.165) is 0 Å². The number of hydrogen-bond donors (Lipinski definition) is 0. The van der Waals surface area contributed by atoms with Gasteiger partial charge in [0, 0.05) is 0 Å². The Labute approximate surface area is 65.0 Å². The highest BCUT2D eigenvalue weighted by molar-refractivity contribution is 5.80. The third kappa shape index (κ3) is 1.94. The molecule has 0 saturated heterocycles. The molecule has 0 heterocycles. The lowest BCUT2D eigenvalue weighted by atomic mass is 9.90. The Morgan fingerprint density at radius 3 is 2.45 bits per heavy atom. The highest BCUT2D eigenvalue weighted by atomic mass is 16.5. The van der Waals surface area contributed by atoms with E-state index in [1.165, 1.54) is 13.2 Å². The molecule has 0 spiro atoms. The van der Waals surface area contributed by atoms with E-state index in [-0.39, 0.29) is 0 Å². The molecular weight excluding hydrogens is 144 g/mol. The lowest BCUT2D eigenvalue weighted by Gasteiger charge is -2.12. The minimum absolute atomic E-state index is 0.337. The van der Waals surface area contributed by atoms with Gasteiger partial charge in [-0.05, 0) is 13.3 Å². The maximum atomic E-state index is 10.9. The maximum absolute atomic E-state index is 10.9. The second kappa shape index (κ2) is 3.58. The topological polar surface area (TPSA) is 73.9 Å². The lowest BCUT2D eigenvalue weighted by Crippen LogP contribution is -2.26. The lowest BCUT2D eigenvalue weighted by molar-refractivity contribution is -0.144. The third-order valence-corrected chi connectivity index (χ3v) is 1.54. The van der Waals surface area contributed by atoms with Crippen molar-refractivity contribution < 1.29 is 9.53 Å². The molecule has 0 aliphatic heterocycles. The summed E-state index contributed by atoms with van der Waals surface area (Å²) in [5.74, 6) is -0.787. The normalized spacial score (nSPS) is 13.8. The molecule has 0 aromatic carbocycles. The van der Waals surface area contributed by atoms with E-state index >= 15 is 0 Å². The van der Waals surface area contributed by atoms with Crippen LogP contribution in [0.1, 0.15) is 20.3 Å². The van der Waals surface area contributed by atoms with Gasteiger partial charge in [0.05, 0.1) is 6.07 Å². The Morgan fingerprint density at radius 1 is 1.64 bits per heavy atom. The fraction of sp³-hybridized carbons (Fsp3) is 0.571. The van der Waals surface area contributed by atoms with Gasteiger partial charge in [0.25, 0.3) is 6.26 Å². The minimum atomic E-state index is -1.18. The number of carbonyl (C=O) groups excluding carboxylic acids is 1. The summed E-state index contributed by atoms with van der Waals surface area (Å²) < 4.78 is 4.03. The summed E-state index contributed by atoms with van der Waals surface area (Å²) in [6.07, 6.45) is 1.58. The van der Waals surface area contributed by atoms with Crippen molar-refractivity contribution in [1.82, 2.24) is 0 Å². The highest BCUT2D eigenvalue weighted by Gasteiger charge is 2.33. The number of carbonyl (C=O) groups is 1. The summed E-state index contributed by atoms with van der Waals surface area (Å²) in [5.41, 5.74) is -1.18. The Balaban J connectivity index is 4.44. The summed E-state index contributed by atoms with van der Waals surface area (Å²) in [6.45, 7) is 3.12. The molecular formula is C7H8N2O2. The average molecular weight is 152 g/mol. The van der Waals surface area contributed by atoms with Crippen molar-refractivity contribution in [3.63, 3.8) is 0 Å². The largest absolute Gasteiger partial charge is 0.350 e. The number of rotatable bonds is 2. The van der Waals surface area contributed by atoms with E-state index in [1.54, 1.807) is 13.0 Å². The fourth-order valence-corrected chi connectivity index (χ4v) is 0.423. The summed E-state index contributed by atoms with van der Waals surface area (Å²) >= 11 is 0. The van der Waals surface area contributed by atoms with Crippen LogP contribution >= 0.6 is 0 Å². The van der Waals surface area contributed by atoms with Crippen LogP contribution in [0.5, 0.6) is 0 Å². The van der Waals surface area contributed by atoms with Gasteiger partial charge in [0.15, 0.2) is 5.41 Å². The average Bonchev–Trinajstić information content (AvgIpc) is 2.03. The van der Waals surface area contributed by atoms with Crippen molar-refractivity contribution in [3.05, 3.63) is 0 Å². The molecule has 0 aromatic heterocycles. The monoisotopic (exact) mass is 152 g/mol. The van der Waals surface area contributed by atoms with Crippen LogP contribution in [0.2, 0.25) is 0 Å². The van der Waals surface area contributed by atoms with E-state index in [4.69, 9.17) is 10.5 Å². The van der Waals surface area contributed by atoms with Gasteiger partial charge in [-0.3, -0.25) is 0 Å². The second-order valence-corrected chi connectivity index (χ2v) is 2.28. The van der Waals surface area contributed by atoms with Gasteiger partial charge < -0.3 is 4.74 Å². The van der Waals surface area contributed by atoms with Crippen molar-refractivity contribution in [3.8, 4) is 12.3 Å². The molecule has 4 heteroatoms. The molecule has 0 fully saturated rings. The minimum Gasteiger partial charge on any atom is -0.350 e. The molecule has 11 heavy (non-hydrogen) atoms. The molecule has 0 rings (SSSR count). The molecule has 0 amide bonds. The van der Waals surface area contributed by atoms with Crippen LogP contribution in [0.3, 0.4) is 0 Å². The highest BCUT2D eigenvalue weighted by Crippen LogP contribution is 2.20. The van der Waals surface area contributed by atoms with Gasteiger partial charge in [-0.2, -0.15) is 5.26 Å². The van der Waals surface area contributed by atoms with E-state index in [9.17, 15) is 4.79 Å². The van der Waals surface area contributed by atoms with Gasteiger partial charge in [0.1, 0.15) is 0 Å². The summed E-state index contributed by atoms with van der Waals surface area (Å²) in [6, 6.07) is 1.79. The number of esters is 1. The molecule has 1 atom stereocenters. The molecule has 0 aromatic rings. The van der Waals surface area contributed by atoms with Crippen LogP contribution in [0.25, 0.3) is 0 Å². The van der Waals surface area contributed by atoms with E-state index in [0.29, 0.717) is 6.42 Å². The van der Waals surface area contributed by atoms with Crippen LogP contribution in [0.15, 0.2) is 0 Å². The smallest absolute Gasteiger partial charge is 0.341 e. The van der Waals surface area contributed by atoms with Crippen LogP contribution in [-0.2, 0) is 9.53 Å². The molecule has 0 N–H and O–H groups in total. The first-order chi connectivity index (χ1) is 5.10. The SMILES string of the molecule is CCC(C)(C#N)C(=O)OC#N. The Hall–Kier alpha value is -1.55. The zero-order valence-electron chi connectivity index (χ0n) is 6.42. The quantitative estimate of drug-likeness (QED) is 0.436. The summed E-state index contributed by atoms with van der Waals surface area (Å²) in [5, 5.41) is 16.5. The van der Waals surface area contributed by atoms with Gasteiger partial charge >= 0.3 is 5.97 Å². The number of ether oxygens (including phenoxy) is 1. The van der Waals surface area contributed by atoms with Crippen LogP contribution < -0.4 is 0 Å². The number of hydrogen-bond acceptors (Lipinski definition) is 4. The van der Waals surface area contributed by atoms with Crippen molar-refractivity contribution >= 4 is 5.97 Å². The van der Waals surface area contributed by atoms with Crippen LogP contribution in [0.4, 0.5) is 0 Å². The first kappa shape index (κ1) is 9.45. The first-order valence-corrected chi connectivity index (χ1v) is 3.12. The Bertz CT molecular complexity index is 236. The molecule has 58 valence electrons. The molecule has 0 saturated carbocycles. The number of nitrogens with zero attached hydrogens (tertiary/aromatic N) is 2. The van der Waals surface area contributed by atoms with Crippen molar-refractivity contribution in [1.29, 1.82) is 10.5 Å². The van der Waals surface area contributed by atoms with Crippen molar-refractivity contribution in [2.24, 2.45) is 5.41 Å². The zero-order chi connectivity index (χ0) is 8.91. The Morgan fingerprint density at radius 2 is 2.18 bits per heavy atom. The zero-order valence-corrected chi connectivity index (χ0v) is 6.42. The van der Waals surface area contributed by atoms with Gasteiger partial charge in [-0.25, -0.2) is 4.79 Å². The number of nitriles is 2. The van der Waals surface area contributed by atoms with E-state index in [2.05, 4.69) is 4.74 Å². The van der Waals surface area contributed by atoms with E-state index in [1.807, 2.05) is 0 Å². The molecule has 4 nitrogen and oxygen atoms in total. The predicted octanol–water partition coefficient (Wildman–Crippen LogP) is 0.951. The molecule has 0 radical (unpaired) electrons. The Kier molecular flexibility index (Phi) is 3.07. The van der Waals surface area contributed by atoms with Gasteiger partial charge in [-0.1, -0.05) is 6.92 Å². The van der Waals surface area contributed by atoms with Crippen molar-refractivity contribution in [2.45, 2.75) is 20.3 Å². The summed E-state index contributed by atoms with van der Waals surface area (Å²) in [4.78, 5) is 10.9. The predicted molar refractivity (Wildman–Crippen MR) is 35.7 cm³/mol. The van der Waals surface area contributed by atoms with Gasteiger partial charge in [0.2, 0.25) is 0 Å². The maximum Gasteiger partial charge on any atom is 0.341 e. The second-order valence-electron chi connectivity index (χ2n) is 2.28. The first-order valence-electron chi connectivity index (χ1n) is 3.12. The van der Waals surface area contributed by atoms with Crippen LogP contribution in [0, 0.1) is 28.3 Å². The third-order valence-electron chi connectivity index (χ3n) is 1.54. The molecule has 0 aliphatic carbocycles. The molecule has 0 aliphatic rings. The van der Waals surface area contributed by atoms with Crippen molar-refractivity contribution in [2.75, 3.05) is 0 Å². The summed E-state index contributed by atoms with van der Waals surface area (Å²) in [7, 11) is 0. The molecule has 1 unspecified atom stereocenters. The standard InChI is InChI=1S/C7H8N2O2/c1-3-7(2,4-8)6(10)11-5-9/h3H2,1-2H3. The van der Waals surface area contributed by atoms with E-state index < -0.39 is 11.4 Å².